The molecule has 3 aromatic rings. The van der Waals surface area contributed by atoms with Gasteiger partial charge in [-0.3, -0.25) is 4.39 Å². The molecule has 0 N–H and O–H groups in total. The first kappa shape index (κ1) is 24.1. The van der Waals surface area contributed by atoms with E-state index >= 15 is 0 Å². The fourth-order valence-electron chi connectivity index (χ4n) is 4.56. The van der Waals surface area contributed by atoms with Crippen LogP contribution in [0.2, 0.25) is 0 Å². The van der Waals surface area contributed by atoms with Gasteiger partial charge < -0.3 is 14.2 Å². The maximum absolute atomic E-state index is 12.9. The second-order valence-corrected chi connectivity index (χ2v) is 8.73. The van der Waals surface area contributed by atoms with Gasteiger partial charge in [-0.1, -0.05) is 69.3 Å². The van der Waals surface area contributed by atoms with Crippen molar-refractivity contribution in [2.75, 3.05) is 26.5 Å². The van der Waals surface area contributed by atoms with Crippen molar-refractivity contribution in [1.29, 1.82) is 0 Å². The van der Waals surface area contributed by atoms with Crippen molar-refractivity contribution in [3.05, 3.63) is 65.2 Å². The van der Waals surface area contributed by atoms with E-state index in [9.17, 15) is 4.39 Å². The Bertz CT molecular complexity index is 1110. The van der Waals surface area contributed by atoms with Crippen LogP contribution < -0.4 is 14.2 Å². The lowest BCUT2D eigenvalue weighted by Gasteiger charge is -2.24. The normalized spacial score (nSPS) is 11.8. The monoisotopic (exact) mass is 462 g/mol. The first-order valence-electron chi connectivity index (χ1n) is 12.6. The highest BCUT2D eigenvalue weighted by Crippen LogP contribution is 2.57. The summed E-state index contributed by atoms with van der Waals surface area (Å²) >= 11 is 0. The second-order valence-electron chi connectivity index (χ2n) is 8.73. The smallest absolute Gasteiger partial charge is 0.204 e. The highest BCUT2D eigenvalue weighted by molar-refractivity contribution is 5.97. The molecule has 1 aliphatic carbocycles. The molecule has 180 valence electrons. The van der Waals surface area contributed by atoms with Crippen LogP contribution in [0.5, 0.6) is 17.2 Å². The molecule has 0 aromatic heterocycles. The topological polar surface area (TPSA) is 27.7 Å². The minimum atomic E-state index is -0.356. The first-order chi connectivity index (χ1) is 16.7. The molecular weight excluding hydrogens is 427 g/mol. The predicted octanol–water partition coefficient (Wildman–Crippen LogP) is 7.80. The molecule has 0 radical (unpaired) electrons. The van der Waals surface area contributed by atoms with E-state index < -0.39 is 0 Å². The number of benzene rings is 3. The summed E-state index contributed by atoms with van der Waals surface area (Å²) in [4.78, 5) is 0. The first-order valence-corrected chi connectivity index (χ1v) is 12.6. The van der Waals surface area contributed by atoms with Crippen molar-refractivity contribution >= 4 is 0 Å². The van der Waals surface area contributed by atoms with E-state index in [1.54, 1.807) is 0 Å². The Morgan fingerprint density at radius 2 is 1.32 bits per heavy atom. The molecule has 0 heterocycles. The van der Waals surface area contributed by atoms with Crippen LogP contribution in [0.4, 0.5) is 4.39 Å². The average Bonchev–Trinajstić information content (AvgIpc) is 3.25. The summed E-state index contributed by atoms with van der Waals surface area (Å²) in [5.41, 5.74) is 7.89. The van der Waals surface area contributed by atoms with Crippen LogP contribution in [0.1, 0.15) is 56.7 Å². The molecule has 0 spiro atoms. The zero-order valence-electron chi connectivity index (χ0n) is 20.6. The summed E-state index contributed by atoms with van der Waals surface area (Å²) in [6.45, 7) is 7.77. The van der Waals surface area contributed by atoms with Crippen LogP contribution >= 0.6 is 0 Å². The molecule has 4 heteroatoms. The van der Waals surface area contributed by atoms with Gasteiger partial charge in [-0.25, -0.2) is 0 Å². The van der Waals surface area contributed by atoms with Gasteiger partial charge in [0.25, 0.3) is 0 Å². The van der Waals surface area contributed by atoms with Crippen molar-refractivity contribution < 1.29 is 18.6 Å². The Labute approximate surface area is 202 Å². The standard InChI is InChI=1S/C30H35FO3/c1-4-17-32-28-25-20-23-9-7-8-10-24(23)27(25)26(22-13-11-21(12-14-22)15-16-31)29(33-18-5-2)30(28)34-19-6-3/h7-14H,4-6,15-20H2,1-3H3. The maximum Gasteiger partial charge on any atom is 0.204 e. The van der Waals surface area contributed by atoms with E-state index in [-0.39, 0.29) is 6.67 Å². The number of halogens is 1. The molecule has 1 aliphatic rings. The Morgan fingerprint density at radius 1 is 0.706 bits per heavy atom. The van der Waals surface area contributed by atoms with E-state index in [4.69, 9.17) is 14.2 Å². The largest absolute Gasteiger partial charge is 0.489 e. The molecule has 0 amide bonds. The number of alkyl halides is 1. The highest BCUT2D eigenvalue weighted by Gasteiger charge is 2.33. The van der Waals surface area contributed by atoms with E-state index in [0.29, 0.717) is 32.0 Å². The third-order valence-electron chi connectivity index (χ3n) is 6.10. The van der Waals surface area contributed by atoms with E-state index in [1.165, 1.54) is 11.1 Å². The van der Waals surface area contributed by atoms with Crippen LogP contribution in [-0.4, -0.2) is 26.5 Å². The number of fused-ring (bicyclic) bond motifs is 3. The average molecular weight is 463 g/mol. The molecule has 3 aromatic carbocycles. The molecule has 0 saturated carbocycles. The molecule has 0 saturated heterocycles. The quantitative estimate of drug-likeness (QED) is 0.215. The number of aryl methyl sites for hydroxylation is 1. The minimum absolute atomic E-state index is 0.356. The van der Waals surface area contributed by atoms with E-state index in [0.717, 1.165) is 65.0 Å². The Hall–Kier alpha value is -3.01. The zero-order chi connectivity index (χ0) is 23.9. The lowest BCUT2D eigenvalue weighted by Crippen LogP contribution is -2.09. The molecule has 0 atom stereocenters. The van der Waals surface area contributed by atoms with Crippen molar-refractivity contribution in [2.24, 2.45) is 0 Å². The fraction of sp³-hybridized carbons (Fsp3) is 0.400. The van der Waals surface area contributed by atoms with Gasteiger partial charge in [0.1, 0.15) is 0 Å². The fourth-order valence-corrected chi connectivity index (χ4v) is 4.56. The van der Waals surface area contributed by atoms with Crippen molar-refractivity contribution in [2.45, 2.75) is 52.9 Å². The zero-order valence-corrected chi connectivity index (χ0v) is 20.6. The van der Waals surface area contributed by atoms with Crippen molar-refractivity contribution in [3.8, 4) is 39.5 Å². The third-order valence-corrected chi connectivity index (χ3v) is 6.10. The lowest BCUT2D eigenvalue weighted by molar-refractivity contribution is 0.242. The van der Waals surface area contributed by atoms with E-state index in [1.807, 2.05) is 12.1 Å². The van der Waals surface area contributed by atoms with Crippen LogP contribution in [-0.2, 0) is 12.8 Å². The van der Waals surface area contributed by atoms with Gasteiger partial charge in [-0.15, -0.1) is 0 Å². The third kappa shape index (κ3) is 4.77. The summed E-state index contributed by atoms with van der Waals surface area (Å²) in [5.74, 6) is 2.26. The van der Waals surface area contributed by atoms with Crippen LogP contribution in [0, 0.1) is 0 Å². The summed E-state index contributed by atoms with van der Waals surface area (Å²) < 4.78 is 32.1. The molecule has 3 nitrogen and oxygen atoms in total. The van der Waals surface area contributed by atoms with Gasteiger partial charge >= 0.3 is 0 Å². The number of rotatable bonds is 12. The number of hydrogen-bond donors (Lipinski definition) is 0. The van der Waals surface area contributed by atoms with Crippen LogP contribution in [0.15, 0.2) is 48.5 Å². The van der Waals surface area contributed by atoms with Gasteiger partial charge in [0, 0.05) is 29.5 Å². The Balaban J connectivity index is 2.01. The molecule has 34 heavy (non-hydrogen) atoms. The van der Waals surface area contributed by atoms with Crippen molar-refractivity contribution in [1.82, 2.24) is 0 Å². The minimum Gasteiger partial charge on any atom is -0.489 e. The van der Waals surface area contributed by atoms with Gasteiger partial charge in [-0.2, -0.15) is 0 Å². The van der Waals surface area contributed by atoms with Crippen molar-refractivity contribution in [3.63, 3.8) is 0 Å². The Kier molecular flexibility index (Phi) is 8.10. The Morgan fingerprint density at radius 3 is 1.97 bits per heavy atom. The summed E-state index contributed by atoms with van der Waals surface area (Å²) in [6, 6.07) is 16.7. The predicted molar refractivity (Wildman–Crippen MR) is 137 cm³/mol. The molecular formula is C30H35FO3. The second kappa shape index (κ2) is 11.4. The van der Waals surface area contributed by atoms with Crippen LogP contribution in [0.25, 0.3) is 22.3 Å². The maximum atomic E-state index is 12.9. The summed E-state index contributed by atoms with van der Waals surface area (Å²) in [5, 5.41) is 0. The molecule has 4 rings (SSSR count). The molecule has 0 fully saturated rings. The molecule has 0 aliphatic heterocycles. The molecule has 0 bridgehead atoms. The highest BCUT2D eigenvalue weighted by atomic mass is 19.1. The summed E-state index contributed by atoms with van der Waals surface area (Å²) in [6.07, 6.45) is 3.92. The number of hydrogen-bond acceptors (Lipinski definition) is 3. The van der Waals surface area contributed by atoms with Gasteiger partial charge in [0.05, 0.1) is 26.5 Å². The van der Waals surface area contributed by atoms with Gasteiger partial charge in [-0.05, 0) is 41.5 Å². The summed E-state index contributed by atoms with van der Waals surface area (Å²) in [7, 11) is 0. The van der Waals surface area contributed by atoms with Crippen LogP contribution in [0.3, 0.4) is 0 Å². The SMILES string of the molecule is CCCOc1c2c(c(-c3ccc(CCF)cc3)c(OCCC)c1OCCC)-c1ccccc1C2. The lowest BCUT2D eigenvalue weighted by atomic mass is 9.91. The molecule has 0 unspecified atom stereocenters. The van der Waals surface area contributed by atoms with Gasteiger partial charge in [0.15, 0.2) is 11.5 Å². The van der Waals surface area contributed by atoms with Gasteiger partial charge in [0.2, 0.25) is 5.75 Å². The number of ether oxygens (including phenoxy) is 3. The van der Waals surface area contributed by atoms with E-state index in [2.05, 4.69) is 57.2 Å².